The first kappa shape index (κ1) is 9.26. The molecule has 0 bridgehead atoms. The lowest BCUT2D eigenvalue weighted by Gasteiger charge is -2.05. The predicted molar refractivity (Wildman–Crippen MR) is 43.6 cm³/mol. The van der Waals surface area contributed by atoms with Crippen LogP contribution in [0.4, 0.5) is 0 Å². The normalized spacial score (nSPS) is 11.2. The van der Waals surface area contributed by atoms with Gasteiger partial charge in [-0.25, -0.2) is 4.57 Å². The Balaban J connectivity index is 2.78. The van der Waals surface area contributed by atoms with Crippen LogP contribution in [0.15, 0.2) is 24.3 Å². The lowest BCUT2D eigenvalue weighted by molar-refractivity contribution is 0.283. The van der Waals surface area contributed by atoms with Crippen molar-refractivity contribution in [1.82, 2.24) is 0 Å². The van der Waals surface area contributed by atoms with Gasteiger partial charge in [-0.2, -0.15) is 0 Å². The monoisotopic (exact) mass is 187 g/mol. The zero-order valence-electron chi connectivity index (χ0n) is 6.17. The molecule has 0 aliphatic carbocycles. The summed E-state index contributed by atoms with van der Waals surface area (Å²) in [5, 5.41) is 0. The average Bonchev–Trinajstić information content (AvgIpc) is 1.91. The molecule has 2 N–H and O–H groups in total. The van der Waals surface area contributed by atoms with Crippen molar-refractivity contribution >= 4 is 7.82 Å². The molecule has 65 valence electrons. The number of phosphoric acid groups is 1. The molecule has 0 aliphatic rings. The van der Waals surface area contributed by atoms with Crippen LogP contribution in [0.5, 0.6) is 5.75 Å². The summed E-state index contributed by atoms with van der Waals surface area (Å²) in [6, 6.07) is 6.10. The first-order chi connectivity index (χ1) is 5.47. The highest BCUT2D eigenvalue weighted by Crippen LogP contribution is 2.37. The third-order valence-corrected chi connectivity index (χ3v) is 1.60. The second-order valence-electron chi connectivity index (χ2n) is 2.23. The Kier molecular flexibility index (Phi) is 2.52. The van der Waals surface area contributed by atoms with Crippen LogP contribution in [0.3, 0.4) is 0 Å². The van der Waals surface area contributed by atoms with Crippen molar-refractivity contribution in [3.05, 3.63) is 36.8 Å². The van der Waals surface area contributed by atoms with Crippen molar-refractivity contribution in [2.75, 3.05) is 0 Å². The highest BCUT2D eigenvalue weighted by atomic mass is 31.2. The summed E-state index contributed by atoms with van der Waals surface area (Å²) in [7, 11) is -4.42. The Morgan fingerprint density at radius 3 is 2.17 bits per heavy atom. The zero-order chi connectivity index (χ0) is 9.19. The van der Waals surface area contributed by atoms with Crippen molar-refractivity contribution in [2.45, 2.75) is 0 Å². The van der Waals surface area contributed by atoms with E-state index in [1.807, 2.05) is 0 Å². The molecule has 5 heteroatoms. The zero-order valence-corrected chi connectivity index (χ0v) is 7.07. The topological polar surface area (TPSA) is 66.8 Å². The van der Waals surface area contributed by atoms with Gasteiger partial charge < -0.3 is 4.52 Å². The van der Waals surface area contributed by atoms with E-state index in [-0.39, 0.29) is 5.75 Å². The molecule has 0 aliphatic heterocycles. The van der Waals surface area contributed by atoms with Crippen molar-refractivity contribution in [2.24, 2.45) is 0 Å². The van der Waals surface area contributed by atoms with E-state index in [2.05, 4.69) is 11.4 Å². The Labute approximate surface area is 70.0 Å². The smallest absolute Gasteiger partial charge is 0.404 e. The first-order valence-electron chi connectivity index (χ1n) is 3.14. The van der Waals surface area contributed by atoms with Gasteiger partial charge in [-0.3, -0.25) is 9.79 Å². The molecule has 0 saturated carbocycles. The molecule has 0 heterocycles. The average molecular weight is 187 g/mol. The van der Waals surface area contributed by atoms with Crippen molar-refractivity contribution < 1.29 is 18.9 Å². The maximum atomic E-state index is 10.3. The van der Waals surface area contributed by atoms with Gasteiger partial charge in [0.1, 0.15) is 5.75 Å². The molecule has 0 unspecified atom stereocenters. The highest BCUT2D eigenvalue weighted by molar-refractivity contribution is 7.46. The second kappa shape index (κ2) is 3.27. The van der Waals surface area contributed by atoms with E-state index in [4.69, 9.17) is 9.79 Å². The van der Waals surface area contributed by atoms with Crippen LogP contribution < -0.4 is 4.52 Å². The molecule has 4 nitrogen and oxygen atoms in total. The molecule has 0 aromatic heterocycles. The molecule has 0 amide bonds. The fourth-order valence-electron chi connectivity index (χ4n) is 0.688. The standard InChI is InChI=1S/C7H8O4P/c1-6-2-4-7(5-3-6)11-12(8,9)10/h2-5H,1H2,(H2,8,9,10). The minimum absolute atomic E-state index is 0.135. The van der Waals surface area contributed by atoms with Gasteiger partial charge in [0.05, 0.1) is 0 Å². The van der Waals surface area contributed by atoms with E-state index < -0.39 is 7.82 Å². The highest BCUT2D eigenvalue weighted by Gasteiger charge is 2.14. The van der Waals surface area contributed by atoms with Gasteiger partial charge in [0.25, 0.3) is 0 Å². The summed E-state index contributed by atoms with van der Waals surface area (Å²) < 4.78 is 14.6. The van der Waals surface area contributed by atoms with Gasteiger partial charge in [0.2, 0.25) is 0 Å². The minimum atomic E-state index is -4.42. The van der Waals surface area contributed by atoms with Crippen molar-refractivity contribution in [3.63, 3.8) is 0 Å². The molecule has 0 saturated heterocycles. The van der Waals surface area contributed by atoms with Gasteiger partial charge in [-0.05, 0) is 24.6 Å². The number of hydrogen-bond donors (Lipinski definition) is 2. The second-order valence-corrected chi connectivity index (χ2v) is 3.39. The summed E-state index contributed by atoms with van der Waals surface area (Å²) in [6.45, 7) is 3.61. The summed E-state index contributed by atoms with van der Waals surface area (Å²) in [6.07, 6.45) is 0. The molecule has 0 atom stereocenters. The van der Waals surface area contributed by atoms with Crippen LogP contribution in [-0.4, -0.2) is 9.79 Å². The third-order valence-electron chi connectivity index (χ3n) is 1.15. The van der Waals surface area contributed by atoms with Gasteiger partial charge in [0, 0.05) is 0 Å². The fourth-order valence-corrected chi connectivity index (χ4v) is 1.08. The maximum absolute atomic E-state index is 10.3. The summed E-state index contributed by atoms with van der Waals surface area (Å²) >= 11 is 0. The largest absolute Gasteiger partial charge is 0.524 e. The quantitative estimate of drug-likeness (QED) is 0.685. The Morgan fingerprint density at radius 1 is 1.25 bits per heavy atom. The van der Waals surface area contributed by atoms with Crippen molar-refractivity contribution in [1.29, 1.82) is 0 Å². The number of rotatable bonds is 2. The van der Waals surface area contributed by atoms with Crippen LogP contribution in [0.1, 0.15) is 5.56 Å². The lowest BCUT2D eigenvalue weighted by Crippen LogP contribution is -1.89. The molecule has 12 heavy (non-hydrogen) atoms. The number of phosphoric ester groups is 1. The molecular weight excluding hydrogens is 179 g/mol. The number of benzene rings is 1. The van der Waals surface area contributed by atoms with Crippen LogP contribution in [-0.2, 0) is 4.57 Å². The molecule has 1 aromatic rings. The summed E-state index contributed by atoms with van der Waals surface area (Å²) in [4.78, 5) is 16.8. The Hall–Kier alpha value is -0.830. The summed E-state index contributed by atoms with van der Waals surface area (Å²) in [5.41, 5.74) is 0.757. The van der Waals surface area contributed by atoms with Crippen LogP contribution >= 0.6 is 7.82 Å². The molecule has 1 rings (SSSR count). The van der Waals surface area contributed by atoms with E-state index in [9.17, 15) is 4.57 Å². The predicted octanol–water partition coefficient (Wildman–Crippen LogP) is 1.34. The van der Waals surface area contributed by atoms with Gasteiger partial charge in [-0.1, -0.05) is 12.1 Å². The van der Waals surface area contributed by atoms with E-state index in [0.29, 0.717) is 0 Å². The molecule has 0 fully saturated rings. The van der Waals surface area contributed by atoms with Gasteiger partial charge in [-0.15, -0.1) is 0 Å². The maximum Gasteiger partial charge on any atom is 0.524 e. The fraction of sp³-hybridized carbons (Fsp3) is 0. The Bertz CT molecular complexity index is 300. The van der Waals surface area contributed by atoms with E-state index in [1.165, 1.54) is 12.1 Å². The SMILES string of the molecule is [CH2]c1ccc(OP(=O)(O)O)cc1. The first-order valence-corrected chi connectivity index (χ1v) is 4.67. The lowest BCUT2D eigenvalue weighted by atomic mass is 10.2. The third kappa shape index (κ3) is 3.05. The van der Waals surface area contributed by atoms with Crippen LogP contribution in [0, 0.1) is 6.92 Å². The molecule has 1 aromatic carbocycles. The summed E-state index contributed by atoms with van der Waals surface area (Å²) in [5.74, 6) is 0.135. The van der Waals surface area contributed by atoms with Gasteiger partial charge >= 0.3 is 7.82 Å². The molecule has 0 spiro atoms. The van der Waals surface area contributed by atoms with E-state index in [0.717, 1.165) is 5.56 Å². The van der Waals surface area contributed by atoms with Crippen molar-refractivity contribution in [3.8, 4) is 5.75 Å². The van der Waals surface area contributed by atoms with Crippen LogP contribution in [0.25, 0.3) is 0 Å². The van der Waals surface area contributed by atoms with Gasteiger partial charge in [0.15, 0.2) is 0 Å². The van der Waals surface area contributed by atoms with E-state index in [1.54, 1.807) is 12.1 Å². The molecule has 1 radical (unpaired) electrons. The van der Waals surface area contributed by atoms with E-state index >= 15 is 0 Å². The molecular formula is C7H8O4P. The minimum Gasteiger partial charge on any atom is -0.404 e. The number of hydrogen-bond acceptors (Lipinski definition) is 2. The van der Waals surface area contributed by atoms with Crippen LogP contribution in [0.2, 0.25) is 0 Å². The Morgan fingerprint density at radius 2 is 1.75 bits per heavy atom.